The molecular formula is C15H25ClIN3O. The maximum Gasteiger partial charge on any atom is 0.191 e. The average Bonchev–Trinajstić information content (AvgIpc) is 2.46. The molecule has 0 radical (unpaired) electrons. The van der Waals surface area contributed by atoms with E-state index in [-0.39, 0.29) is 36.5 Å². The highest BCUT2D eigenvalue weighted by Crippen LogP contribution is 2.09. The maximum atomic E-state index is 9.00. The van der Waals surface area contributed by atoms with E-state index in [0.29, 0.717) is 6.54 Å². The van der Waals surface area contributed by atoms with E-state index in [9.17, 15) is 0 Å². The minimum absolute atomic E-state index is 0. The van der Waals surface area contributed by atoms with Crippen LogP contribution >= 0.6 is 35.6 Å². The summed E-state index contributed by atoms with van der Waals surface area (Å²) < 4.78 is 0. The number of halogens is 2. The number of nitrogens with zero attached hydrogens (tertiary/aromatic N) is 1. The lowest BCUT2D eigenvalue weighted by Crippen LogP contribution is -2.38. The van der Waals surface area contributed by atoms with Crippen molar-refractivity contribution in [1.82, 2.24) is 10.6 Å². The summed E-state index contributed by atoms with van der Waals surface area (Å²) in [7, 11) is 0. The van der Waals surface area contributed by atoms with Crippen molar-refractivity contribution in [1.29, 1.82) is 0 Å². The van der Waals surface area contributed by atoms with E-state index in [0.717, 1.165) is 30.5 Å². The topological polar surface area (TPSA) is 56.7 Å². The summed E-state index contributed by atoms with van der Waals surface area (Å²) in [5, 5.41) is 16.2. The standard InChI is InChI=1S/C15H24ClN3O.HI/c1-3-17-15(19-10-12(2)11-20)18-9-8-13-4-6-14(16)7-5-13;/h4-7,12,20H,3,8-11H2,1-2H3,(H2,17,18,19);1H. The summed E-state index contributed by atoms with van der Waals surface area (Å²) in [6, 6.07) is 7.86. The molecule has 0 fully saturated rings. The van der Waals surface area contributed by atoms with Crippen molar-refractivity contribution in [2.75, 3.05) is 26.2 Å². The number of hydrogen-bond donors (Lipinski definition) is 3. The molecule has 1 rings (SSSR count). The Labute approximate surface area is 149 Å². The van der Waals surface area contributed by atoms with E-state index in [2.05, 4.69) is 15.6 Å². The lowest BCUT2D eigenvalue weighted by molar-refractivity contribution is 0.241. The predicted octanol–water partition coefficient (Wildman–Crippen LogP) is 2.68. The summed E-state index contributed by atoms with van der Waals surface area (Å²) in [5.74, 6) is 0.975. The number of aliphatic imine (C=N–C) groups is 1. The molecule has 6 heteroatoms. The highest BCUT2D eigenvalue weighted by atomic mass is 127. The van der Waals surface area contributed by atoms with Gasteiger partial charge in [-0.25, -0.2) is 0 Å². The van der Waals surface area contributed by atoms with Crippen molar-refractivity contribution in [3.63, 3.8) is 0 Å². The molecular weight excluding hydrogens is 401 g/mol. The van der Waals surface area contributed by atoms with Gasteiger partial charge in [-0.1, -0.05) is 30.7 Å². The Kier molecular flexibility index (Phi) is 11.8. The van der Waals surface area contributed by atoms with Crippen LogP contribution in [-0.4, -0.2) is 37.3 Å². The Morgan fingerprint density at radius 3 is 2.52 bits per heavy atom. The molecule has 0 aliphatic rings. The summed E-state index contributed by atoms with van der Waals surface area (Å²) in [6.07, 6.45) is 0.914. The molecule has 0 saturated carbocycles. The Morgan fingerprint density at radius 1 is 1.29 bits per heavy atom. The van der Waals surface area contributed by atoms with Gasteiger partial charge in [0.1, 0.15) is 0 Å². The summed E-state index contributed by atoms with van der Waals surface area (Å²) in [6.45, 7) is 6.41. The quantitative estimate of drug-likeness (QED) is 0.358. The number of nitrogens with one attached hydrogen (secondary N) is 2. The molecule has 0 spiro atoms. The van der Waals surface area contributed by atoms with Crippen LogP contribution in [0.2, 0.25) is 5.02 Å². The molecule has 4 nitrogen and oxygen atoms in total. The predicted molar refractivity (Wildman–Crippen MR) is 101 cm³/mol. The van der Waals surface area contributed by atoms with Gasteiger partial charge in [0, 0.05) is 31.3 Å². The largest absolute Gasteiger partial charge is 0.396 e. The van der Waals surface area contributed by atoms with Crippen LogP contribution in [0.5, 0.6) is 0 Å². The van der Waals surface area contributed by atoms with Crippen LogP contribution in [0.4, 0.5) is 0 Å². The van der Waals surface area contributed by atoms with Crippen LogP contribution in [0, 0.1) is 5.92 Å². The minimum Gasteiger partial charge on any atom is -0.396 e. The summed E-state index contributed by atoms with van der Waals surface area (Å²) >= 11 is 5.86. The summed E-state index contributed by atoms with van der Waals surface area (Å²) in [4.78, 5) is 4.44. The second kappa shape index (κ2) is 12.1. The number of guanidine groups is 1. The van der Waals surface area contributed by atoms with Crippen LogP contribution in [-0.2, 0) is 6.42 Å². The third kappa shape index (κ3) is 9.16. The SMILES string of the molecule is CCNC(=NCC(C)CO)NCCc1ccc(Cl)cc1.I. The molecule has 0 aromatic heterocycles. The van der Waals surface area contributed by atoms with Gasteiger partial charge in [-0.3, -0.25) is 4.99 Å². The third-order valence-electron chi connectivity index (χ3n) is 2.84. The fraction of sp³-hybridized carbons (Fsp3) is 0.533. The van der Waals surface area contributed by atoms with Crippen molar-refractivity contribution < 1.29 is 5.11 Å². The molecule has 0 heterocycles. The zero-order valence-corrected chi connectivity index (χ0v) is 15.7. The highest BCUT2D eigenvalue weighted by Gasteiger charge is 2.01. The Hall–Kier alpha value is -0.530. The van der Waals surface area contributed by atoms with Gasteiger partial charge < -0.3 is 15.7 Å². The molecule has 21 heavy (non-hydrogen) atoms. The minimum atomic E-state index is 0. The van der Waals surface area contributed by atoms with Crippen LogP contribution in [0.15, 0.2) is 29.3 Å². The number of hydrogen-bond acceptors (Lipinski definition) is 2. The molecule has 0 aliphatic carbocycles. The molecule has 1 aromatic carbocycles. The second-order valence-corrected chi connectivity index (χ2v) is 5.25. The zero-order chi connectivity index (χ0) is 14.8. The van der Waals surface area contributed by atoms with Crippen molar-refractivity contribution >= 4 is 41.5 Å². The van der Waals surface area contributed by atoms with Crippen LogP contribution in [0.3, 0.4) is 0 Å². The van der Waals surface area contributed by atoms with Crippen LogP contribution < -0.4 is 10.6 Å². The van der Waals surface area contributed by atoms with Crippen molar-refractivity contribution in [3.05, 3.63) is 34.9 Å². The monoisotopic (exact) mass is 425 g/mol. The molecule has 1 aromatic rings. The van der Waals surface area contributed by atoms with Crippen LogP contribution in [0.25, 0.3) is 0 Å². The normalized spacial score (nSPS) is 12.5. The Morgan fingerprint density at radius 2 is 1.95 bits per heavy atom. The van der Waals surface area contributed by atoms with Gasteiger partial charge >= 0.3 is 0 Å². The van der Waals surface area contributed by atoms with Gasteiger partial charge in [-0.2, -0.15) is 0 Å². The first-order valence-electron chi connectivity index (χ1n) is 7.03. The first kappa shape index (κ1) is 20.5. The van der Waals surface area contributed by atoms with Gasteiger partial charge in [0.2, 0.25) is 0 Å². The van der Waals surface area contributed by atoms with Gasteiger partial charge in [0.25, 0.3) is 0 Å². The van der Waals surface area contributed by atoms with E-state index in [1.54, 1.807) is 0 Å². The van der Waals surface area contributed by atoms with Gasteiger partial charge in [0.05, 0.1) is 0 Å². The molecule has 1 unspecified atom stereocenters. The van der Waals surface area contributed by atoms with E-state index in [4.69, 9.17) is 16.7 Å². The highest BCUT2D eigenvalue weighted by molar-refractivity contribution is 14.0. The van der Waals surface area contributed by atoms with Crippen molar-refractivity contribution in [2.45, 2.75) is 20.3 Å². The number of aliphatic hydroxyl groups is 1. The number of rotatable bonds is 7. The summed E-state index contributed by atoms with van der Waals surface area (Å²) in [5.41, 5.74) is 1.24. The molecule has 120 valence electrons. The average molecular weight is 426 g/mol. The Balaban J connectivity index is 0.00000400. The fourth-order valence-electron chi connectivity index (χ4n) is 1.62. The van der Waals surface area contributed by atoms with E-state index in [1.807, 2.05) is 38.1 Å². The van der Waals surface area contributed by atoms with Gasteiger partial charge in [-0.15, -0.1) is 24.0 Å². The van der Waals surface area contributed by atoms with E-state index < -0.39 is 0 Å². The number of benzene rings is 1. The second-order valence-electron chi connectivity index (χ2n) is 4.81. The smallest absolute Gasteiger partial charge is 0.191 e. The van der Waals surface area contributed by atoms with Gasteiger partial charge in [-0.05, 0) is 37.0 Å². The first-order chi connectivity index (χ1) is 9.65. The van der Waals surface area contributed by atoms with Crippen molar-refractivity contribution in [3.8, 4) is 0 Å². The lowest BCUT2D eigenvalue weighted by Gasteiger charge is -2.12. The number of aliphatic hydroxyl groups excluding tert-OH is 1. The first-order valence-corrected chi connectivity index (χ1v) is 7.41. The van der Waals surface area contributed by atoms with Crippen molar-refractivity contribution in [2.24, 2.45) is 10.9 Å². The molecule has 0 aliphatic heterocycles. The molecule has 0 amide bonds. The van der Waals surface area contributed by atoms with Crippen LogP contribution in [0.1, 0.15) is 19.4 Å². The molecule has 0 bridgehead atoms. The Bertz CT molecular complexity index is 412. The fourth-order valence-corrected chi connectivity index (χ4v) is 1.75. The van der Waals surface area contributed by atoms with E-state index in [1.165, 1.54) is 5.56 Å². The molecule has 1 atom stereocenters. The lowest BCUT2D eigenvalue weighted by atomic mass is 10.1. The third-order valence-corrected chi connectivity index (χ3v) is 3.09. The zero-order valence-electron chi connectivity index (χ0n) is 12.6. The molecule has 0 saturated heterocycles. The van der Waals surface area contributed by atoms with Gasteiger partial charge in [0.15, 0.2) is 5.96 Å². The van der Waals surface area contributed by atoms with E-state index >= 15 is 0 Å². The molecule has 3 N–H and O–H groups in total. The maximum absolute atomic E-state index is 9.00.